The molecule has 19 heavy (non-hydrogen) atoms. The Hall–Kier alpha value is -1.30. The van der Waals surface area contributed by atoms with Crippen molar-refractivity contribution in [2.45, 2.75) is 26.1 Å². The van der Waals surface area contributed by atoms with E-state index in [9.17, 15) is 10.2 Å². The van der Waals surface area contributed by atoms with Gasteiger partial charge in [0.15, 0.2) is 0 Å². The Bertz CT molecular complexity index is 568. The molecule has 2 unspecified atom stereocenters. The highest BCUT2D eigenvalue weighted by Crippen LogP contribution is 2.21. The van der Waals surface area contributed by atoms with Crippen LogP contribution in [-0.4, -0.2) is 31.9 Å². The van der Waals surface area contributed by atoms with Gasteiger partial charge in [0.2, 0.25) is 0 Å². The van der Waals surface area contributed by atoms with Gasteiger partial charge in [-0.2, -0.15) is 17.7 Å². The molecule has 4 nitrogen and oxygen atoms in total. The second-order valence-corrected chi connectivity index (χ2v) is 4.99. The first-order valence-corrected chi connectivity index (χ1v) is 6.76. The molecular weight excluding hydrogens is 260 g/mol. The van der Waals surface area contributed by atoms with Crippen molar-refractivity contribution in [3.05, 3.63) is 47.3 Å². The van der Waals surface area contributed by atoms with Gasteiger partial charge in [-0.05, 0) is 37.6 Å². The smallest absolute Gasteiger partial charge is 0.106 e. The number of aromatic nitrogens is 2. The van der Waals surface area contributed by atoms with Gasteiger partial charge in [0.25, 0.3) is 0 Å². The molecule has 5 heteroatoms. The van der Waals surface area contributed by atoms with E-state index in [1.54, 1.807) is 6.07 Å². The van der Waals surface area contributed by atoms with Crippen LogP contribution < -0.4 is 0 Å². The van der Waals surface area contributed by atoms with Crippen LogP contribution in [0.2, 0.25) is 0 Å². The fraction of sp³-hybridized carbons (Fsp3) is 0.357. The Morgan fingerprint density at radius 1 is 1.26 bits per heavy atom. The lowest BCUT2D eigenvalue weighted by molar-refractivity contribution is 0.0337. The SMILES string of the molecule is Cc1cc(C)n(-c2cccc(C(O)C(O)CS)c2)n1. The molecule has 1 aromatic carbocycles. The van der Waals surface area contributed by atoms with Crippen molar-refractivity contribution < 1.29 is 10.2 Å². The largest absolute Gasteiger partial charge is 0.389 e. The molecule has 0 aliphatic heterocycles. The van der Waals surface area contributed by atoms with Gasteiger partial charge < -0.3 is 10.2 Å². The van der Waals surface area contributed by atoms with E-state index in [1.165, 1.54) is 0 Å². The molecule has 0 fully saturated rings. The van der Waals surface area contributed by atoms with E-state index in [1.807, 2.05) is 42.8 Å². The number of thiol groups is 1. The molecule has 2 atom stereocenters. The molecule has 0 saturated carbocycles. The minimum absolute atomic E-state index is 0.214. The molecule has 0 spiro atoms. The van der Waals surface area contributed by atoms with Crippen LogP contribution in [0.5, 0.6) is 0 Å². The zero-order valence-electron chi connectivity index (χ0n) is 11.0. The Balaban J connectivity index is 2.37. The normalized spacial score (nSPS) is 14.4. The van der Waals surface area contributed by atoms with Crippen LogP contribution in [0.4, 0.5) is 0 Å². The van der Waals surface area contributed by atoms with Crippen molar-refractivity contribution in [3.63, 3.8) is 0 Å². The average molecular weight is 278 g/mol. The van der Waals surface area contributed by atoms with Crippen molar-refractivity contribution in [1.29, 1.82) is 0 Å². The van der Waals surface area contributed by atoms with Crippen LogP contribution in [0.1, 0.15) is 23.1 Å². The van der Waals surface area contributed by atoms with Gasteiger partial charge in [0.05, 0.1) is 17.5 Å². The van der Waals surface area contributed by atoms with E-state index in [0.29, 0.717) is 5.56 Å². The quantitative estimate of drug-likeness (QED) is 0.748. The molecule has 0 aliphatic rings. The first-order valence-electron chi connectivity index (χ1n) is 6.13. The Labute approximate surface area is 118 Å². The fourth-order valence-corrected chi connectivity index (χ4v) is 2.25. The molecule has 0 amide bonds. The highest BCUT2D eigenvalue weighted by Gasteiger charge is 2.17. The molecule has 2 N–H and O–H groups in total. The summed E-state index contributed by atoms with van der Waals surface area (Å²) in [5.74, 6) is 0.214. The molecule has 0 aliphatic carbocycles. The molecule has 0 saturated heterocycles. The van der Waals surface area contributed by atoms with Crippen LogP contribution in [0.15, 0.2) is 30.3 Å². The van der Waals surface area contributed by atoms with Crippen LogP contribution >= 0.6 is 12.6 Å². The molecule has 0 bridgehead atoms. The van der Waals surface area contributed by atoms with E-state index in [-0.39, 0.29) is 5.75 Å². The minimum atomic E-state index is -0.936. The van der Waals surface area contributed by atoms with Crippen LogP contribution in [0.3, 0.4) is 0 Å². The monoisotopic (exact) mass is 278 g/mol. The van der Waals surface area contributed by atoms with Gasteiger partial charge >= 0.3 is 0 Å². The number of nitrogens with zero attached hydrogens (tertiary/aromatic N) is 2. The molecule has 2 rings (SSSR count). The lowest BCUT2D eigenvalue weighted by Crippen LogP contribution is -2.19. The van der Waals surface area contributed by atoms with Gasteiger partial charge in [-0.1, -0.05) is 12.1 Å². The first-order chi connectivity index (χ1) is 9.02. The van der Waals surface area contributed by atoms with E-state index < -0.39 is 12.2 Å². The summed E-state index contributed by atoms with van der Waals surface area (Å²) < 4.78 is 1.82. The van der Waals surface area contributed by atoms with Crippen molar-refractivity contribution >= 4 is 12.6 Å². The second-order valence-electron chi connectivity index (χ2n) is 4.63. The van der Waals surface area contributed by atoms with Crippen molar-refractivity contribution in [2.75, 3.05) is 5.75 Å². The molecule has 1 heterocycles. The third kappa shape index (κ3) is 3.00. The average Bonchev–Trinajstić information content (AvgIpc) is 2.76. The van der Waals surface area contributed by atoms with E-state index >= 15 is 0 Å². The fourth-order valence-electron chi connectivity index (χ4n) is 2.05. The number of hydrogen-bond acceptors (Lipinski definition) is 4. The lowest BCUT2D eigenvalue weighted by Gasteiger charge is -2.17. The number of aryl methyl sites for hydroxylation is 2. The summed E-state index contributed by atoms with van der Waals surface area (Å²) in [5, 5.41) is 24.1. The molecular formula is C14H18N2O2S. The van der Waals surface area contributed by atoms with Crippen molar-refractivity contribution in [2.24, 2.45) is 0 Å². The molecule has 1 aromatic heterocycles. The van der Waals surface area contributed by atoms with E-state index in [0.717, 1.165) is 17.1 Å². The third-order valence-electron chi connectivity index (χ3n) is 3.02. The number of aliphatic hydroxyl groups is 2. The number of benzene rings is 1. The zero-order valence-corrected chi connectivity index (χ0v) is 11.9. The van der Waals surface area contributed by atoms with Crippen LogP contribution in [0.25, 0.3) is 5.69 Å². The Morgan fingerprint density at radius 2 is 2.00 bits per heavy atom. The maximum atomic E-state index is 10.0. The number of rotatable bonds is 4. The highest BCUT2D eigenvalue weighted by atomic mass is 32.1. The Morgan fingerprint density at radius 3 is 2.58 bits per heavy atom. The zero-order chi connectivity index (χ0) is 14.0. The van der Waals surface area contributed by atoms with Gasteiger partial charge in [0, 0.05) is 11.4 Å². The number of aliphatic hydroxyl groups excluding tert-OH is 2. The maximum Gasteiger partial charge on any atom is 0.106 e. The van der Waals surface area contributed by atoms with Crippen LogP contribution in [0, 0.1) is 13.8 Å². The summed E-state index contributed by atoms with van der Waals surface area (Å²) in [5.41, 5.74) is 3.50. The summed E-state index contributed by atoms with van der Waals surface area (Å²) >= 11 is 3.99. The van der Waals surface area contributed by atoms with E-state index in [4.69, 9.17) is 0 Å². The maximum absolute atomic E-state index is 10.0. The Kier molecular flexibility index (Phi) is 4.29. The third-order valence-corrected chi connectivity index (χ3v) is 3.39. The standard InChI is InChI=1S/C14H18N2O2S/c1-9-6-10(2)16(15-9)12-5-3-4-11(7-12)14(18)13(17)8-19/h3-7,13-14,17-19H,8H2,1-2H3. The van der Waals surface area contributed by atoms with Gasteiger partial charge in [-0.15, -0.1) is 0 Å². The van der Waals surface area contributed by atoms with E-state index in [2.05, 4.69) is 17.7 Å². The topological polar surface area (TPSA) is 58.3 Å². The van der Waals surface area contributed by atoms with Crippen molar-refractivity contribution in [3.8, 4) is 5.69 Å². The second kappa shape index (κ2) is 5.77. The minimum Gasteiger partial charge on any atom is -0.389 e. The predicted octanol–water partition coefficient (Wildman–Crippen LogP) is 1.81. The summed E-state index contributed by atoms with van der Waals surface area (Å²) in [4.78, 5) is 0. The lowest BCUT2D eigenvalue weighted by atomic mass is 10.0. The van der Waals surface area contributed by atoms with Crippen LogP contribution in [-0.2, 0) is 0 Å². The van der Waals surface area contributed by atoms with Gasteiger partial charge in [0.1, 0.15) is 6.10 Å². The highest BCUT2D eigenvalue weighted by molar-refractivity contribution is 7.80. The first kappa shape index (κ1) is 14.1. The molecule has 102 valence electrons. The predicted molar refractivity (Wildman–Crippen MR) is 77.9 cm³/mol. The summed E-state index contributed by atoms with van der Waals surface area (Å²) in [6.45, 7) is 3.92. The molecule has 2 aromatic rings. The molecule has 0 radical (unpaired) electrons. The summed E-state index contributed by atoms with van der Waals surface area (Å²) in [6.07, 6.45) is -1.81. The van der Waals surface area contributed by atoms with Crippen molar-refractivity contribution in [1.82, 2.24) is 9.78 Å². The summed E-state index contributed by atoms with van der Waals surface area (Å²) in [7, 11) is 0. The van der Waals surface area contributed by atoms with Gasteiger partial charge in [-0.3, -0.25) is 0 Å². The number of hydrogen-bond donors (Lipinski definition) is 3. The summed E-state index contributed by atoms with van der Waals surface area (Å²) in [6, 6.07) is 9.37. The van der Waals surface area contributed by atoms with Gasteiger partial charge in [-0.25, -0.2) is 4.68 Å².